The number of hydrogen-bond acceptors (Lipinski definition) is 13. The van der Waals surface area contributed by atoms with Crippen molar-refractivity contribution in [1.82, 2.24) is 24.6 Å². The molecule has 0 aromatic carbocycles. The van der Waals surface area contributed by atoms with Crippen LogP contribution in [-0.2, 0) is 28.8 Å². The maximum atomic E-state index is 13.6. The lowest BCUT2D eigenvalue weighted by Crippen LogP contribution is -2.79. The molecule has 4 rings (SSSR count). The zero-order valence-corrected chi connectivity index (χ0v) is 23.2. The quantitative estimate of drug-likeness (QED) is 0.163. The van der Waals surface area contributed by atoms with Gasteiger partial charge in [-0.2, -0.15) is 9.36 Å². The highest BCUT2D eigenvalue weighted by Gasteiger charge is 2.63. The molecular weight excluding hydrogens is 562 g/mol. The van der Waals surface area contributed by atoms with E-state index in [1.54, 1.807) is 51.4 Å². The van der Waals surface area contributed by atoms with Crippen molar-refractivity contribution in [1.29, 1.82) is 0 Å². The molecule has 1 saturated heterocycles. The number of aromatic nitrogens is 3. The van der Waals surface area contributed by atoms with E-state index >= 15 is 0 Å². The Morgan fingerprint density at radius 2 is 2.15 bits per heavy atom. The first kappa shape index (κ1) is 28.7. The second-order valence-corrected chi connectivity index (χ2v) is 11.4. The number of hydrogen-bond donors (Lipinski definition) is 3. The number of oxime groups is 1. The molecule has 0 spiro atoms. The van der Waals surface area contributed by atoms with Crippen LogP contribution in [0.5, 0.6) is 0 Å². The van der Waals surface area contributed by atoms with E-state index in [1.807, 2.05) is 0 Å². The molecule has 2 amide bonds. The molecule has 0 radical (unpaired) electrons. The van der Waals surface area contributed by atoms with Gasteiger partial charge in [0.25, 0.3) is 11.8 Å². The van der Waals surface area contributed by atoms with Crippen molar-refractivity contribution in [2.45, 2.75) is 37.3 Å². The van der Waals surface area contributed by atoms with Crippen LogP contribution in [0.25, 0.3) is 6.08 Å². The summed E-state index contributed by atoms with van der Waals surface area (Å²) in [5.74, 6) is -3.49. The van der Waals surface area contributed by atoms with E-state index in [-0.39, 0.29) is 16.7 Å². The van der Waals surface area contributed by atoms with Gasteiger partial charge in [0.15, 0.2) is 10.7 Å². The average molecular weight is 588 g/mol. The van der Waals surface area contributed by atoms with Crippen molar-refractivity contribution in [2.24, 2.45) is 5.16 Å². The molecule has 4 N–H and O–H groups in total. The SMILES string of the molecule is CC(C)(C)OC(=O)CON=C(C(=O)NC1(C=Cc2cccnc2)C(=O)N2C(C(=O)O)=CCS[C@H]21)c1nsc(N)n1. The van der Waals surface area contributed by atoms with Crippen molar-refractivity contribution >= 4 is 64.0 Å². The monoisotopic (exact) mass is 587 g/mol. The van der Waals surface area contributed by atoms with Crippen LogP contribution >= 0.6 is 23.3 Å². The highest BCUT2D eigenvalue weighted by Crippen LogP contribution is 2.45. The highest BCUT2D eigenvalue weighted by molar-refractivity contribution is 8.00. The van der Waals surface area contributed by atoms with Crippen LogP contribution < -0.4 is 11.1 Å². The van der Waals surface area contributed by atoms with Crippen molar-refractivity contribution in [3.63, 3.8) is 0 Å². The second kappa shape index (κ2) is 11.4. The summed E-state index contributed by atoms with van der Waals surface area (Å²) in [6.45, 7) is 4.43. The minimum absolute atomic E-state index is 0.0406. The largest absolute Gasteiger partial charge is 0.477 e. The molecule has 210 valence electrons. The Bertz CT molecular complexity index is 1420. The van der Waals surface area contributed by atoms with Gasteiger partial charge in [-0.25, -0.2) is 9.59 Å². The van der Waals surface area contributed by atoms with E-state index in [1.165, 1.54) is 23.9 Å². The lowest BCUT2D eigenvalue weighted by Gasteiger charge is -2.55. The molecule has 0 aliphatic carbocycles. The second-order valence-electron chi connectivity index (χ2n) is 9.45. The number of anilines is 1. The van der Waals surface area contributed by atoms with Crippen LogP contribution in [0, 0.1) is 0 Å². The Kier molecular flexibility index (Phi) is 8.20. The van der Waals surface area contributed by atoms with Crippen LogP contribution in [0.3, 0.4) is 0 Å². The number of carboxylic acids is 1. The predicted octanol–water partition coefficient (Wildman–Crippen LogP) is 1.03. The van der Waals surface area contributed by atoms with Crippen molar-refractivity contribution in [3.05, 3.63) is 53.8 Å². The number of fused-ring (bicyclic) bond motifs is 1. The lowest BCUT2D eigenvalue weighted by molar-refractivity contribution is -0.160. The summed E-state index contributed by atoms with van der Waals surface area (Å²) in [6, 6.07) is 3.45. The van der Waals surface area contributed by atoms with Gasteiger partial charge in [0, 0.05) is 29.7 Å². The third-order valence-corrected chi connectivity index (χ3v) is 7.18. The van der Waals surface area contributed by atoms with E-state index in [0.29, 0.717) is 11.3 Å². The molecule has 2 aliphatic rings. The van der Waals surface area contributed by atoms with Crippen LogP contribution in [0.1, 0.15) is 32.2 Å². The number of nitrogen functional groups attached to an aromatic ring is 1. The zero-order chi connectivity index (χ0) is 29.1. The molecule has 16 heteroatoms. The lowest BCUT2D eigenvalue weighted by atomic mass is 9.85. The van der Waals surface area contributed by atoms with Crippen molar-refractivity contribution in [3.8, 4) is 0 Å². The molecule has 0 bridgehead atoms. The fourth-order valence-corrected chi connectivity index (χ4v) is 5.52. The number of β-lactam (4-membered cyclic amide) rings is 1. The highest BCUT2D eigenvalue weighted by atomic mass is 32.2. The minimum atomic E-state index is -1.67. The van der Waals surface area contributed by atoms with Crippen molar-refractivity contribution in [2.75, 3.05) is 18.1 Å². The number of nitrogens with two attached hydrogens (primary N) is 1. The van der Waals surface area contributed by atoms with Gasteiger partial charge in [-0.1, -0.05) is 17.3 Å². The number of ether oxygens (including phenoxy) is 1. The normalized spacial score (nSPS) is 20.8. The molecule has 2 aliphatic heterocycles. The Morgan fingerprint density at radius 3 is 2.77 bits per heavy atom. The summed E-state index contributed by atoms with van der Waals surface area (Å²) < 4.78 is 9.17. The first-order chi connectivity index (χ1) is 18.9. The summed E-state index contributed by atoms with van der Waals surface area (Å²) in [6.07, 6.45) is 7.64. The number of esters is 1. The minimum Gasteiger partial charge on any atom is -0.477 e. The number of rotatable bonds is 9. The molecule has 40 heavy (non-hydrogen) atoms. The molecule has 14 nitrogen and oxygen atoms in total. The first-order valence-electron chi connectivity index (χ1n) is 11.7. The molecule has 1 fully saturated rings. The summed E-state index contributed by atoms with van der Waals surface area (Å²) in [5, 5.41) is 15.3. The number of carboxylic acid groups (broad SMARTS) is 1. The number of pyridine rings is 1. The molecule has 2 aromatic heterocycles. The Morgan fingerprint density at radius 1 is 1.38 bits per heavy atom. The summed E-state index contributed by atoms with van der Waals surface area (Å²) in [7, 11) is 0. The van der Waals surface area contributed by atoms with Gasteiger partial charge in [-0.3, -0.25) is 19.5 Å². The van der Waals surface area contributed by atoms with E-state index in [9.17, 15) is 24.3 Å². The van der Waals surface area contributed by atoms with Crippen molar-refractivity contribution < 1.29 is 33.9 Å². The summed E-state index contributed by atoms with van der Waals surface area (Å²) in [5.41, 5.74) is 3.27. The van der Waals surface area contributed by atoms with Gasteiger partial charge in [-0.05, 0) is 44.6 Å². The van der Waals surface area contributed by atoms with Crippen LogP contribution in [0.15, 0.2) is 47.5 Å². The topological polar surface area (TPSA) is 199 Å². The smallest absolute Gasteiger partial charge is 0.352 e. The standard InChI is InChI=1S/C24H25N7O7S2/c1-23(2,3)38-15(32)12-37-29-16(17-27-22(25)40-30-17)18(33)28-24(8-6-13-5-4-9-26-11-13)20(36)31-14(19(34)35)7-10-39-21(24)31/h4-9,11,21H,10,12H2,1-3H3,(H,28,33)(H,34,35)(H2,25,27,30)/t21-,24?/m0/s1. The molecular formula is C24H25N7O7S2. The fourth-order valence-electron chi connectivity index (χ4n) is 3.79. The number of aliphatic carboxylic acids is 1. The maximum Gasteiger partial charge on any atom is 0.352 e. The molecule has 4 heterocycles. The third-order valence-electron chi connectivity index (χ3n) is 5.38. The van der Waals surface area contributed by atoms with Gasteiger partial charge in [-0.15, -0.1) is 11.8 Å². The Balaban J connectivity index is 1.65. The van der Waals surface area contributed by atoms with E-state index in [2.05, 4.69) is 24.8 Å². The number of nitrogens with one attached hydrogen (secondary N) is 1. The van der Waals surface area contributed by atoms with E-state index in [4.69, 9.17) is 15.3 Å². The average Bonchev–Trinajstić information content (AvgIpc) is 3.33. The maximum absolute atomic E-state index is 13.6. The molecule has 2 aromatic rings. The number of carbonyl (C=O) groups is 4. The molecule has 2 atom stereocenters. The van der Waals surface area contributed by atoms with E-state index in [0.717, 1.165) is 16.4 Å². The summed E-state index contributed by atoms with van der Waals surface area (Å²) >= 11 is 2.06. The first-order valence-corrected chi connectivity index (χ1v) is 13.6. The van der Waals surface area contributed by atoms with Gasteiger partial charge in [0.1, 0.15) is 16.7 Å². The number of thioether (sulfide) groups is 1. The zero-order valence-electron chi connectivity index (χ0n) is 21.6. The molecule has 0 saturated carbocycles. The van der Waals surface area contributed by atoms with Gasteiger partial charge in [0.05, 0.1) is 0 Å². The number of amides is 2. The van der Waals surface area contributed by atoms with Crippen LogP contribution in [0.2, 0.25) is 0 Å². The summed E-state index contributed by atoms with van der Waals surface area (Å²) in [4.78, 5) is 65.2. The van der Waals surface area contributed by atoms with Gasteiger partial charge >= 0.3 is 11.9 Å². The fraction of sp³-hybridized carbons (Fsp3) is 0.333. The predicted molar refractivity (Wildman–Crippen MR) is 146 cm³/mol. The van der Waals surface area contributed by atoms with Crippen LogP contribution in [-0.4, -0.2) is 82.7 Å². The van der Waals surface area contributed by atoms with E-state index < -0.39 is 52.6 Å². The van der Waals surface area contributed by atoms with Gasteiger partial charge in [0.2, 0.25) is 18.1 Å². The number of carbonyl (C=O) groups excluding carboxylic acids is 3. The number of nitrogens with zero attached hydrogens (tertiary/aromatic N) is 5. The molecule has 1 unspecified atom stereocenters. The van der Waals surface area contributed by atoms with Gasteiger partial charge < -0.3 is 25.7 Å². The third kappa shape index (κ3) is 6.12. The Hall–Kier alpha value is -4.31. The van der Waals surface area contributed by atoms with Crippen LogP contribution in [0.4, 0.5) is 5.13 Å². The Labute approximate surface area is 236 Å².